The molecule has 0 amide bonds. The van der Waals surface area contributed by atoms with Crippen LogP contribution in [0.3, 0.4) is 0 Å². The number of hydrogen-bond donors (Lipinski definition) is 2. The van der Waals surface area contributed by atoms with Gasteiger partial charge >= 0.3 is 5.97 Å². The van der Waals surface area contributed by atoms with Gasteiger partial charge in [-0.3, -0.25) is 0 Å². The van der Waals surface area contributed by atoms with E-state index in [4.69, 9.17) is 4.98 Å². The fourth-order valence-corrected chi connectivity index (χ4v) is 4.11. The summed E-state index contributed by atoms with van der Waals surface area (Å²) in [4.78, 5) is 16.6. The minimum absolute atomic E-state index is 0.275. The summed E-state index contributed by atoms with van der Waals surface area (Å²) in [5, 5.41) is 24.0. The summed E-state index contributed by atoms with van der Waals surface area (Å²) in [6.45, 7) is 2.68. The van der Waals surface area contributed by atoms with Crippen molar-refractivity contribution in [1.82, 2.24) is 34.7 Å². The normalized spacial score (nSPS) is 11.3. The Kier molecular flexibility index (Phi) is 5.43. The molecule has 166 valence electrons. The molecule has 5 rings (SSSR count). The van der Waals surface area contributed by atoms with E-state index >= 15 is 0 Å². The zero-order valence-electron chi connectivity index (χ0n) is 18.1. The number of carboxylic acid groups (broad SMARTS) is 1. The average Bonchev–Trinajstić information content (AvgIpc) is 3.58. The first-order chi connectivity index (χ1) is 16.2. The molecule has 2 aromatic carbocycles. The van der Waals surface area contributed by atoms with E-state index in [0.29, 0.717) is 17.9 Å². The molecule has 5 aromatic rings. The number of rotatable bonds is 8. The number of carbonyl (C=O) groups is 1. The van der Waals surface area contributed by atoms with E-state index in [-0.39, 0.29) is 5.56 Å². The zero-order chi connectivity index (χ0) is 22.8. The van der Waals surface area contributed by atoms with Crippen LogP contribution in [-0.4, -0.2) is 45.8 Å². The van der Waals surface area contributed by atoms with Gasteiger partial charge in [-0.2, -0.15) is 5.21 Å². The number of fused-ring (bicyclic) bond motifs is 1. The van der Waals surface area contributed by atoms with Gasteiger partial charge in [0.15, 0.2) is 0 Å². The number of aromatic nitrogens is 7. The van der Waals surface area contributed by atoms with Gasteiger partial charge in [-0.05, 0) is 53.6 Å². The van der Waals surface area contributed by atoms with Gasteiger partial charge < -0.3 is 14.2 Å². The number of imidazole rings is 1. The van der Waals surface area contributed by atoms with Crippen molar-refractivity contribution in [2.75, 3.05) is 0 Å². The maximum atomic E-state index is 11.9. The summed E-state index contributed by atoms with van der Waals surface area (Å²) in [5.74, 6) is 0.492. The van der Waals surface area contributed by atoms with Crippen molar-refractivity contribution in [3.05, 3.63) is 77.7 Å². The zero-order valence-corrected chi connectivity index (χ0v) is 18.1. The smallest absolute Gasteiger partial charge is 0.337 e. The second kappa shape index (κ2) is 8.70. The van der Waals surface area contributed by atoms with Crippen molar-refractivity contribution in [3.8, 4) is 17.2 Å². The van der Waals surface area contributed by atoms with Crippen molar-refractivity contribution in [3.63, 3.8) is 0 Å². The number of carboxylic acids is 1. The van der Waals surface area contributed by atoms with Crippen LogP contribution in [0.5, 0.6) is 0 Å². The monoisotopic (exact) mass is 441 g/mol. The Morgan fingerprint density at radius 2 is 1.94 bits per heavy atom. The van der Waals surface area contributed by atoms with Crippen LogP contribution >= 0.6 is 0 Å². The molecular formula is C24H23N7O2. The molecule has 0 bridgehead atoms. The Morgan fingerprint density at radius 3 is 2.67 bits per heavy atom. The lowest BCUT2D eigenvalue weighted by Gasteiger charge is -2.12. The molecule has 0 atom stereocenters. The first-order valence-corrected chi connectivity index (χ1v) is 10.9. The summed E-state index contributed by atoms with van der Waals surface area (Å²) < 4.78 is 4.04. The average molecular weight is 441 g/mol. The van der Waals surface area contributed by atoms with E-state index in [0.717, 1.165) is 47.5 Å². The van der Waals surface area contributed by atoms with Crippen LogP contribution in [0.1, 0.15) is 41.5 Å². The lowest BCUT2D eigenvalue weighted by atomic mass is 10.1. The summed E-state index contributed by atoms with van der Waals surface area (Å²) in [5.41, 5.74) is 4.53. The minimum atomic E-state index is -0.944. The van der Waals surface area contributed by atoms with Crippen molar-refractivity contribution < 1.29 is 9.90 Å². The van der Waals surface area contributed by atoms with Crippen LogP contribution in [0.2, 0.25) is 0 Å². The number of hydrogen-bond acceptors (Lipinski definition) is 5. The Balaban J connectivity index is 1.50. The summed E-state index contributed by atoms with van der Waals surface area (Å²) in [7, 11) is 0. The van der Waals surface area contributed by atoms with Crippen molar-refractivity contribution in [2.45, 2.75) is 32.7 Å². The Bertz CT molecular complexity index is 1400. The molecule has 0 unspecified atom stereocenters. The summed E-state index contributed by atoms with van der Waals surface area (Å²) in [6, 6.07) is 17.3. The highest BCUT2D eigenvalue weighted by Gasteiger charge is 2.18. The van der Waals surface area contributed by atoms with Gasteiger partial charge in [-0.15, -0.1) is 10.2 Å². The predicted octanol–water partition coefficient (Wildman–Crippen LogP) is 4.10. The molecule has 9 heteroatoms. The molecule has 0 radical (unpaired) electrons. The number of H-pyrrole nitrogens is 1. The molecule has 3 aromatic heterocycles. The number of aromatic carboxylic acids is 1. The number of unbranched alkanes of at least 4 members (excludes halogenated alkanes) is 1. The SMILES string of the molecule is CCCCc1nc2cccc(C(=O)O)c2n1Cc1ccc(-n2cccc2-c2nn[nH]n2)cc1. The fraction of sp³-hybridized carbons (Fsp3) is 0.208. The number of benzene rings is 2. The quantitative estimate of drug-likeness (QED) is 0.375. The molecule has 0 aliphatic heterocycles. The predicted molar refractivity (Wildman–Crippen MR) is 123 cm³/mol. The highest BCUT2D eigenvalue weighted by atomic mass is 16.4. The topological polar surface area (TPSA) is 115 Å². The van der Waals surface area contributed by atoms with Crippen LogP contribution in [0.25, 0.3) is 28.2 Å². The van der Waals surface area contributed by atoms with Gasteiger partial charge in [0.05, 0.1) is 22.3 Å². The van der Waals surface area contributed by atoms with Gasteiger partial charge in [0.25, 0.3) is 0 Å². The van der Waals surface area contributed by atoms with E-state index in [1.807, 2.05) is 57.8 Å². The number of aryl methyl sites for hydroxylation is 1. The maximum Gasteiger partial charge on any atom is 0.337 e. The highest BCUT2D eigenvalue weighted by molar-refractivity contribution is 6.01. The van der Waals surface area contributed by atoms with Crippen LogP contribution in [0.15, 0.2) is 60.8 Å². The van der Waals surface area contributed by atoms with Gasteiger partial charge in [0, 0.05) is 24.8 Å². The number of aromatic amines is 1. The van der Waals surface area contributed by atoms with E-state index in [1.54, 1.807) is 12.1 Å². The first kappa shape index (κ1) is 20.6. The molecule has 2 N–H and O–H groups in total. The number of nitrogens with zero attached hydrogens (tertiary/aromatic N) is 6. The molecule has 0 saturated heterocycles. The summed E-state index contributed by atoms with van der Waals surface area (Å²) in [6.07, 6.45) is 4.80. The molecule has 0 aliphatic carbocycles. The van der Waals surface area contributed by atoms with Gasteiger partial charge in [-0.25, -0.2) is 9.78 Å². The standard InChI is InChI=1S/C24H23N7O2/c1-2-3-9-21-25-19-7-4-6-18(24(32)33)22(19)31(21)15-16-10-12-17(13-11-16)30-14-5-8-20(30)23-26-28-29-27-23/h4-8,10-14H,2-3,9,15H2,1H3,(H,32,33)(H,26,27,28,29). The van der Waals surface area contributed by atoms with Crippen LogP contribution in [0.4, 0.5) is 0 Å². The van der Waals surface area contributed by atoms with Crippen molar-refractivity contribution in [2.24, 2.45) is 0 Å². The molecule has 0 aliphatic rings. The second-order valence-corrected chi connectivity index (χ2v) is 7.86. The van der Waals surface area contributed by atoms with E-state index < -0.39 is 5.97 Å². The van der Waals surface area contributed by atoms with Crippen molar-refractivity contribution >= 4 is 17.0 Å². The minimum Gasteiger partial charge on any atom is -0.478 e. The highest BCUT2D eigenvalue weighted by Crippen LogP contribution is 2.25. The number of para-hydroxylation sites is 1. The largest absolute Gasteiger partial charge is 0.478 e. The van der Waals surface area contributed by atoms with Crippen LogP contribution < -0.4 is 0 Å². The van der Waals surface area contributed by atoms with Gasteiger partial charge in [0.1, 0.15) is 5.82 Å². The lowest BCUT2D eigenvalue weighted by Crippen LogP contribution is -2.08. The number of nitrogens with one attached hydrogen (secondary N) is 1. The third kappa shape index (κ3) is 3.89. The first-order valence-electron chi connectivity index (χ1n) is 10.9. The molecule has 0 spiro atoms. The van der Waals surface area contributed by atoms with Gasteiger partial charge in [0.2, 0.25) is 5.82 Å². The molecule has 33 heavy (non-hydrogen) atoms. The lowest BCUT2D eigenvalue weighted by molar-refractivity contribution is 0.0698. The Morgan fingerprint density at radius 1 is 1.09 bits per heavy atom. The molecule has 9 nitrogen and oxygen atoms in total. The van der Waals surface area contributed by atoms with Crippen molar-refractivity contribution in [1.29, 1.82) is 0 Å². The van der Waals surface area contributed by atoms with Gasteiger partial charge in [-0.1, -0.05) is 31.5 Å². The second-order valence-electron chi connectivity index (χ2n) is 7.86. The van der Waals surface area contributed by atoms with E-state index in [9.17, 15) is 9.90 Å². The Labute approximate surface area is 189 Å². The third-order valence-electron chi connectivity index (χ3n) is 5.71. The molecular weight excluding hydrogens is 418 g/mol. The van der Waals surface area contributed by atoms with Crippen LogP contribution in [-0.2, 0) is 13.0 Å². The summed E-state index contributed by atoms with van der Waals surface area (Å²) >= 11 is 0. The molecule has 0 fully saturated rings. The molecule has 3 heterocycles. The van der Waals surface area contributed by atoms with Crippen LogP contribution in [0, 0.1) is 0 Å². The van der Waals surface area contributed by atoms with E-state index in [1.165, 1.54) is 0 Å². The Hall–Kier alpha value is -4.27. The fourth-order valence-electron chi connectivity index (χ4n) is 4.11. The third-order valence-corrected chi connectivity index (χ3v) is 5.71. The van der Waals surface area contributed by atoms with E-state index in [2.05, 4.69) is 27.5 Å². The number of tetrazole rings is 1. The maximum absolute atomic E-state index is 11.9. The molecule has 0 saturated carbocycles.